The lowest BCUT2D eigenvalue weighted by Gasteiger charge is -2.24. The molecule has 0 radical (unpaired) electrons. The summed E-state index contributed by atoms with van der Waals surface area (Å²) in [5.41, 5.74) is 7.67. The molecule has 21 heavy (non-hydrogen) atoms. The van der Waals surface area contributed by atoms with Gasteiger partial charge in [0.1, 0.15) is 4.99 Å². The van der Waals surface area contributed by atoms with Gasteiger partial charge in [0.2, 0.25) is 0 Å². The van der Waals surface area contributed by atoms with Crippen molar-refractivity contribution >= 4 is 38.8 Å². The fourth-order valence-electron chi connectivity index (χ4n) is 2.05. The van der Waals surface area contributed by atoms with Crippen molar-refractivity contribution in [3.05, 3.63) is 58.1 Å². The molecule has 2 aromatic rings. The Balaban J connectivity index is 2.35. The summed E-state index contributed by atoms with van der Waals surface area (Å²) < 4.78 is 14.9. The number of nitrogens with zero attached hydrogens (tertiary/aromatic N) is 2. The van der Waals surface area contributed by atoms with Crippen molar-refractivity contribution < 1.29 is 4.39 Å². The highest BCUT2D eigenvalue weighted by Crippen LogP contribution is 2.30. The van der Waals surface area contributed by atoms with Crippen LogP contribution in [0.3, 0.4) is 0 Å². The smallest absolute Gasteiger partial charge is 0.161 e. The first-order valence-electron chi connectivity index (χ1n) is 6.46. The highest BCUT2D eigenvalue weighted by atomic mass is 79.9. The van der Waals surface area contributed by atoms with Gasteiger partial charge < -0.3 is 10.6 Å². The maximum Gasteiger partial charge on any atom is 0.161 e. The molecule has 0 unspecified atom stereocenters. The molecule has 0 aliphatic heterocycles. The first kappa shape index (κ1) is 15.9. The van der Waals surface area contributed by atoms with Crippen LogP contribution in [0.4, 0.5) is 10.1 Å². The van der Waals surface area contributed by atoms with Crippen LogP contribution in [0.15, 0.2) is 41.1 Å². The fraction of sp³-hybridized carbons (Fsp3) is 0.200. The van der Waals surface area contributed by atoms with Gasteiger partial charge in [0.25, 0.3) is 0 Å². The van der Waals surface area contributed by atoms with Crippen molar-refractivity contribution in [1.82, 2.24) is 4.98 Å². The van der Waals surface area contributed by atoms with Gasteiger partial charge in [-0.2, -0.15) is 0 Å². The molecule has 0 fully saturated rings. The third-order valence-corrected chi connectivity index (χ3v) is 4.17. The number of anilines is 1. The Morgan fingerprint density at radius 1 is 1.33 bits per heavy atom. The molecule has 0 amide bonds. The van der Waals surface area contributed by atoms with E-state index in [1.54, 1.807) is 24.5 Å². The summed E-state index contributed by atoms with van der Waals surface area (Å²) in [4.78, 5) is 6.10. The number of benzene rings is 1. The van der Waals surface area contributed by atoms with E-state index in [1.165, 1.54) is 0 Å². The van der Waals surface area contributed by atoms with Gasteiger partial charge in [0.15, 0.2) is 5.82 Å². The normalized spacial score (nSPS) is 10.4. The Labute approximate surface area is 137 Å². The van der Waals surface area contributed by atoms with E-state index < -0.39 is 0 Å². The van der Waals surface area contributed by atoms with Crippen molar-refractivity contribution in [1.29, 1.82) is 0 Å². The molecule has 2 N–H and O–H groups in total. The average Bonchev–Trinajstić information content (AvgIpc) is 2.48. The molecule has 1 aromatic carbocycles. The van der Waals surface area contributed by atoms with E-state index in [2.05, 4.69) is 20.9 Å². The van der Waals surface area contributed by atoms with Crippen molar-refractivity contribution in [3.63, 3.8) is 0 Å². The Morgan fingerprint density at radius 3 is 2.57 bits per heavy atom. The van der Waals surface area contributed by atoms with E-state index in [4.69, 9.17) is 18.0 Å². The summed E-state index contributed by atoms with van der Waals surface area (Å²) in [6, 6.07) is 7.28. The molecule has 0 bridgehead atoms. The second-order valence-electron chi connectivity index (χ2n) is 4.49. The van der Waals surface area contributed by atoms with E-state index in [-0.39, 0.29) is 10.8 Å². The van der Waals surface area contributed by atoms with Crippen molar-refractivity contribution in [2.45, 2.75) is 13.5 Å². The van der Waals surface area contributed by atoms with Gasteiger partial charge in [-0.25, -0.2) is 4.39 Å². The summed E-state index contributed by atoms with van der Waals surface area (Å²) >= 11 is 8.15. The summed E-state index contributed by atoms with van der Waals surface area (Å²) in [6.45, 7) is 3.27. The SMILES string of the molecule is CCN(Cc1ccncc1)c1ccc(C(N)=S)c(Br)c1F. The zero-order chi connectivity index (χ0) is 15.4. The number of nitrogens with two attached hydrogens (primary N) is 1. The summed E-state index contributed by atoms with van der Waals surface area (Å²) in [6.07, 6.45) is 3.46. The molecule has 0 aliphatic carbocycles. The van der Waals surface area contributed by atoms with Gasteiger partial charge in [-0.3, -0.25) is 4.98 Å². The van der Waals surface area contributed by atoms with Gasteiger partial charge in [0.05, 0.1) is 10.2 Å². The molecule has 1 aromatic heterocycles. The second-order valence-corrected chi connectivity index (χ2v) is 5.73. The molecule has 0 aliphatic rings. The van der Waals surface area contributed by atoms with Crippen LogP contribution in [-0.4, -0.2) is 16.5 Å². The van der Waals surface area contributed by atoms with Crippen LogP contribution in [0.2, 0.25) is 0 Å². The molecule has 0 spiro atoms. The molecule has 1 heterocycles. The zero-order valence-corrected chi connectivity index (χ0v) is 13.9. The zero-order valence-electron chi connectivity index (χ0n) is 11.5. The van der Waals surface area contributed by atoms with Gasteiger partial charge in [-0.05, 0) is 52.7 Å². The van der Waals surface area contributed by atoms with E-state index in [9.17, 15) is 4.39 Å². The summed E-state index contributed by atoms with van der Waals surface area (Å²) in [5, 5.41) is 0. The van der Waals surface area contributed by atoms with Crippen LogP contribution < -0.4 is 10.6 Å². The average molecular weight is 368 g/mol. The molecule has 110 valence electrons. The Morgan fingerprint density at radius 2 is 2.00 bits per heavy atom. The van der Waals surface area contributed by atoms with Crippen LogP contribution in [0, 0.1) is 5.82 Å². The van der Waals surface area contributed by atoms with Gasteiger partial charge in [-0.1, -0.05) is 12.2 Å². The van der Waals surface area contributed by atoms with Crippen molar-refractivity contribution in [2.24, 2.45) is 5.73 Å². The van der Waals surface area contributed by atoms with E-state index >= 15 is 0 Å². The van der Waals surface area contributed by atoms with E-state index in [0.29, 0.717) is 28.8 Å². The maximum absolute atomic E-state index is 14.5. The first-order valence-corrected chi connectivity index (χ1v) is 7.66. The molecule has 3 nitrogen and oxygen atoms in total. The molecular weight excluding hydrogens is 353 g/mol. The molecular formula is C15H15BrFN3S. The minimum Gasteiger partial charge on any atom is -0.389 e. The van der Waals surface area contributed by atoms with E-state index in [0.717, 1.165) is 5.56 Å². The lowest BCUT2D eigenvalue weighted by molar-refractivity contribution is 0.611. The summed E-state index contributed by atoms with van der Waals surface area (Å²) in [7, 11) is 0. The molecule has 0 atom stereocenters. The lowest BCUT2D eigenvalue weighted by Crippen LogP contribution is -2.24. The minimum atomic E-state index is -0.351. The van der Waals surface area contributed by atoms with Crippen LogP contribution in [0.5, 0.6) is 0 Å². The number of aromatic nitrogens is 1. The Bertz CT molecular complexity index is 649. The third kappa shape index (κ3) is 3.57. The van der Waals surface area contributed by atoms with Crippen molar-refractivity contribution in [3.8, 4) is 0 Å². The molecule has 6 heteroatoms. The standard InChI is InChI=1S/C15H15BrFN3S/c1-2-20(9-10-5-7-19-8-6-10)12-4-3-11(15(18)21)13(16)14(12)17/h3-8H,2,9H2,1H3,(H2,18,21). The Kier molecular flexibility index (Phi) is 5.25. The van der Waals surface area contributed by atoms with Crippen LogP contribution in [0.25, 0.3) is 0 Å². The molecule has 0 saturated carbocycles. The van der Waals surface area contributed by atoms with Crippen LogP contribution in [-0.2, 0) is 6.54 Å². The number of halogens is 2. The highest BCUT2D eigenvalue weighted by molar-refractivity contribution is 9.10. The molecule has 2 rings (SSSR count). The monoisotopic (exact) mass is 367 g/mol. The number of rotatable bonds is 5. The van der Waals surface area contributed by atoms with Crippen LogP contribution >= 0.6 is 28.1 Å². The number of hydrogen-bond donors (Lipinski definition) is 1. The first-order chi connectivity index (χ1) is 10.0. The highest BCUT2D eigenvalue weighted by Gasteiger charge is 2.17. The van der Waals surface area contributed by atoms with Gasteiger partial charge in [0, 0.05) is 31.0 Å². The van der Waals surface area contributed by atoms with E-state index in [1.807, 2.05) is 24.0 Å². The maximum atomic E-state index is 14.5. The van der Waals surface area contributed by atoms with Crippen LogP contribution in [0.1, 0.15) is 18.1 Å². The number of thiocarbonyl (C=S) groups is 1. The third-order valence-electron chi connectivity index (χ3n) is 3.17. The van der Waals surface area contributed by atoms with Gasteiger partial charge in [-0.15, -0.1) is 0 Å². The largest absolute Gasteiger partial charge is 0.389 e. The Hall–Kier alpha value is -1.53. The quantitative estimate of drug-likeness (QED) is 0.819. The number of pyridine rings is 1. The topological polar surface area (TPSA) is 42.2 Å². The van der Waals surface area contributed by atoms with Gasteiger partial charge >= 0.3 is 0 Å². The lowest BCUT2D eigenvalue weighted by atomic mass is 10.1. The summed E-state index contributed by atoms with van der Waals surface area (Å²) in [5.74, 6) is -0.351. The number of hydrogen-bond acceptors (Lipinski definition) is 3. The fourth-order valence-corrected chi connectivity index (χ4v) is 2.90. The predicted molar refractivity (Wildman–Crippen MR) is 90.9 cm³/mol. The second kappa shape index (κ2) is 6.95. The predicted octanol–water partition coefficient (Wildman–Crippen LogP) is 3.64. The van der Waals surface area contributed by atoms with Crippen molar-refractivity contribution in [2.75, 3.05) is 11.4 Å². The minimum absolute atomic E-state index is 0.171. The molecule has 0 saturated heterocycles.